The Bertz CT molecular complexity index is 161. The number of halogens is 1. The molecule has 0 radical (unpaired) electrons. The van der Waals surface area contributed by atoms with Crippen LogP contribution in [0.2, 0.25) is 0 Å². The highest BCUT2D eigenvalue weighted by Crippen LogP contribution is 2.27. The lowest BCUT2D eigenvalue weighted by molar-refractivity contribution is -0.118. The summed E-state index contributed by atoms with van der Waals surface area (Å²) in [7, 11) is 0. The number of hydrogen-bond acceptors (Lipinski definition) is 1. The number of hydrogen-bond donors (Lipinski definition) is 0. The summed E-state index contributed by atoms with van der Waals surface area (Å²) < 4.78 is 0. The van der Waals surface area contributed by atoms with Crippen LogP contribution in [0.1, 0.15) is 33.1 Å². The van der Waals surface area contributed by atoms with Gasteiger partial charge in [-0.05, 0) is 18.3 Å². The Hall–Kier alpha value is -0.300. The molecule has 12 heavy (non-hydrogen) atoms. The van der Waals surface area contributed by atoms with Gasteiger partial charge in [-0.25, -0.2) is 0 Å². The molecule has 0 N–H and O–H groups in total. The Morgan fingerprint density at radius 2 is 2.17 bits per heavy atom. The normalized spacial score (nSPS) is 11.2. The zero-order valence-electron chi connectivity index (χ0n) is 7.90. The summed E-state index contributed by atoms with van der Waals surface area (Å²) in [6, 6.07) is 0. The highest BCUT2D eigenvalue weighted by molar-refractivity contribution is 6.27. The van der Waals surface area contributed by atoms with Gasteiger partial charge in [0, 0.05) is 6.42 Å². The van der Waals surface area contributed by atoms with Gasteiger partial charge in [-0.15, -0.1) is 18.2 Å². The van der Waals surface area contributed by atoms with Gasteiger partial charge in [0.15, 0.2) is 0 Å². The van der Waals surface area contributed by atoms with Crippen molar-refractivity contribution in [1.82, 2.24) is 0 Å². The number of Topliss-reactive ketones (excluding diaryl/α,β-unsaturated/α-hetero) is 1. The number of allylic oxidation sites excluding steroid dienone is 1. The van der Waals surface area contributed by atoms with E-state index < -0.39 is 0 Å². The summed E-state index contributed by atoms with van der Waals surface area (Å²) in [5.41, 5.74) is 0.0696. The van der Waals surface area contributed by atoms with Crippen molar-refractivity contribution in [2.75, 3.05) is 5.88 Å². The molecule has 0 bridgehead atoms. The van der Waals surface area contributed by atoms with Crippen molar-refractivity contribution in [3.63, 3.8) is 0 Å². The maximum Gasteiger partial charge on any atom is 0.148 e. The van der Waals surface area contributed by atoms with Crippen LogP contribution in [0.3, 0.4) is 0 Å². The first-order valence-corrected chi connectivity index (χ1v) is 4.74. The number of carbonyl (C=O) groups is 1. The maximum absolute atomic E-state index is 11.0. The minimum atomic E-state index is 0.0696. The first-order valence-electron chi connectivity index (χ1n) is 4.20. The van der Waals surface area contributed by atoms with E-state index in [4.69, 9.17) is 11.6 Å². The third kappa shape index (κ3) is 5.36. The lowest BCUT2D eigenvalue weighted by Gasteiger charge is -2.22. The van der Waals surface area contributed by atoms with Gasteiger partial charge in [-0.3, -0.25) is 4.79 Å². The molecule has 0 aromatic carbocycles. The molecule has 0 unspecified atom stereocenters. The van der Waals surface area contributed by atoms with E-state index in [1.807, 2.05) is 6.08 Å². The fraction of sp³-hybridized carbons (Fsp3) is 0.700. The van der Waals surface area contributed by atoms with Crippen LogP contribution in [0, 0.1) is 5.41 Å². The second-order valence-electron chi connectivity index (χ2n) is 3.84. The van der Waals surface area contributed by atoms with Gasteiger partial charge in [0.25, 0.3) is 0 Å². The minimum Gasteiger partial charge on any atom is -0.298 e. The molecule has 0 rings (SSSR count). The van der Waals surface area contributed by atoms with Crippen LogP contribution in [0.4, 0.5) is 0 Å². The molecule has 0 aliphatic heterocycles. The molecular formula is C10H17ClO. The van der Waals surface area contributed by atoms with Crippen LogP contribution in [-0.4, -0.2) is 11.7 Å². The molecule has 1 nitrogen and oxygen atoms in total. The van der Waals surface area contributed by atoms with Gasteiger partial charge in [-0.1, -0.05) is 19.9 Å². The molecule has 2 heteroatoms. The van der Waals surface area contributed by atoms with Crippen LogP contribution in [0.25, 0.3) is 0 Å². The summed E-state index contributed by atoms with van der Waals surface area (Å²) in [5, 5.41) is 0. The standard InChI is InChI=1S/C10H17ClO/c1-4-5-6-10(2,3)7-9(12)8-11/h4H,1,5-8H2,2-3H3. The monoisotopic (exact) mass is 188 g/mol. The van der Waals surface area contributed by atoms with Gasteiger partial charge in [0.2, 0.25) is 0 Å². The maximum atomic E-state index is 11.0. The fourth-order valence-corrected chi connectivity index (χ4v) is 1.26. The average molecular weight is 189 g/mol. The molecule has 0 spiro atoms. The van der Waals surface area contributed by atoms with Crippen LogP contribution >= 0.6 is 11.6 Å². The largest absolute Gasteiger partial charge is 0.298 e. The van der Waals surface area contributed by atoms with Gasteiger partial charge >= 0.3 is 0 Å². The number of rotatable bonds is 6. The molecule has 0 aromatic rings. The Balaban J connectivity index is 3.85. The van der Waals surface area contributed by atoms with E-state index in [0.29, 0.717) is 6.42 Å². The van der Waals surface area contributed by atoms with Crippen LogP contribution in [0.15, 0.2) is 12.7 Å². The van der Waals surface area contributed by atoms with E-state index in [1.165, 1.54) is 0 Å². The minimum absolute atomic E-state index is 0.0696. The summed E-state index contributed by atoms with van der Waals surface area (Å²) >= 11 is 5.42. The van der Waals surface area contributed by atoms with Crippen molar-refractivity contribution >= 4 is 17.4 Å². The molecule has 0 heterocycles. The van der Waals surface area contributed by atoms with Crippen molar-refractivity contribution in [3.8, 4) is 0 Å². The molecular weight excluding hydrogens is 172 g/mol. The van der Waals surface area contributed by atoms with E-state index in [1.54, 1.807) is 0 Å². The first-order chi connectivity index (χ1) is 5.52. The molecule has 0 saturated heterocycles. The second-order valence-corrected chi connectivity index (χ2v) is 4.11. The van der Waals surface area contributed by atoms with E-state index >= 15 is 0 Å². The van der Waals surface area contributed by atoms with Crippen molar-refractivity contribution < 1.29 is 4.79 Å². The lowest BCUT2D eigenvalue weighted by atomic mass is 9.83. The summed E-state index contributed by atoms with van der Waals surface area (Å²) in [5.74, 6) is 0.267. The van der Waals surface area contributed by atoms with Crippen LogP contribution in [0.5, 0.6) is 0 Å². The zero-order chi connectivity index (χ0) is 9.61. The molecule has 70 valence electrons. The Labute approximate surface area is 79.8 Å². The van der Waals surface area contributed by atoms with Crippen molar-refractivity contribution in [1.29, 1.82) is 0 Å². The number of alkyl halides is 1. The van der Waals surface area contributed by atoms with E-state index in [0.717, 1.165) is 12.8 Å². The predicted octanol–water partition coefficient (Wildman–Crippen LogP) is 3.18. The molecule has 0 aliphatic rings. The predicted molar refractivity (Wildman–Crippen MR) is 53.6 cm³/mol. The smallest absolute Gasteiger partial charge is 0.148 e. The van der Waals surface area contributed by atoms with Crippen LogP contribution in [-0.2, 0) is 4.79 Å². The van der Waals surface area contributed by atoms with Crippen LogP contribution < -0.4 is 0 Å². The molecule has 0 amide bonds. The third-order valence-electron chi connectivity index (χ3n) is 1.85. The molecule has 0 saturated carbocycles. The SMILES string of the molecule is C=CCCC(C)(C)CC(=O)CCl. The van der Waals surface area contributed by atoms with Gasteiger partial charge in [0.1, 0.15) is 5.78 Å². The average Bonchev–Trinajstić information content (AvgIpc) is 2.00. The number of carbonyl (C=O) groups excluding carboxylic acids is 1. The lowest BCUT2D eigenvalue weighted by Crippen LogP contribution is -2.17. The Morgan fingerprint density at radius 3 is 2.58 bits per heavy atom. The summed E-state index contributed by atoms with van der Waals surface area (Å²) in [4.78, 5) is 11.0. The second kappa shape index (κ2) is 5.36. The Morgan fingerprint density at radius 1 is 1.58 bits per heavy atom. The summed E-state index contributed by atoms with van der Waals surface area (Å²) in [6.45, 7) is 7.82. The van der Waals surface area contributed by atoms with E-state index in [2.05, 4.69) is 20.4 Å². The highest BCUT2D eigenvalue weighted by atomic mass is 35.5. The first kappa shape index (κ1) is 11.7. The van der Waals surface area contributed by atoms with Crippen molar-refractivity contribution in [3.05, 3.63) is 12.7 Å². The van der Waals surface area contributed by atoms with Gasteiger partial charge < -0.3 is 0 Å². The fourth-order valence-electron chi connectivity index (χ4n) is 1.16. The molecule has 0 aliphatic carbocycles. The Kier molecular flexibility index (Phi) is 5.23. The van der Waals surface area contributed by atoms with E-state index in [9.17, 15) is 4.79 Å². The van der Waals surface area contributed by atoms with E-state index in [-0.39, 0.29) is 17.1 Å². The molecule has 0 aromatic heterocycles. The number of ketones is 1. The quantitative estimate of drug-likeness (QED) is 0.462. The zero-order valence-corrected chi connectivity index (χ0v) is 8.66. The topological polar surface area (TPSA) is 17.1 Å². The highest BCUT2D eigenvalue weighted by Gasteiger charge is 2.20. The molecule has 0 atom stereocenters. The molecule has 0 fully saturated rings. The third-order valence-corrected chi connectivity index (χ3v) is 2.15. The van der Waals surface area contributed by atoms with Gasteiger partial charge in [0.05, 0.1) is 5.88 Å². The van der Waals surface area contributed by atoms with Crippen molar-refractivity contribution in [2.45, 2.75) is 33.1 Å². The van der Waals surface area contributed by atoms with Crippen molar-refractivity contribution in [2.24, 2.45) is 5.41 Å². The van der Waals surface area contributed by atoms with Gasteiger partial charge in [-0.2, -0.15) is 0 Å². The summed E-state index contributed by atoms with van der Waals surface area (Å²) in [6.07, 6.45) is 4.42.